The number of benzene rings is 1. The predicted octanol–water partition coefficient (Wildman–Crippen LogP) is 4.71. The molecule has 0 aliphatic carbocycles. The first kappa shape index (κ1) is 21.0. The third-order valence-electron chi connectivity index (χ3n) is 3.82. The minimum absolute atomic E-state index is 0.301. The Labute approximate surface area is 148 Å². The van der Waals surface area contributed by atoms with E-state index in [0.717, 1.165) is 31.4 Å². The maximum absolute atomic E-state index is 6.08. The summed E-state index contributed by atoms with van der Waals surface area (Å²) in [6.45, 7) is 10.9. The van der Waals surface area contributed by atoms with Crippen LogP contribution in [0, 0.1) is 0 Å². The molecule has 0 aliphatic heterocycles. The van der Waals surface area contributed by atoms with E-state index in [9.17, 15) is 0 Å². The molecule has 0 N–H and O–H groups in total. The van der Waals surface area contributed by atoms with Crippen LogP contribution in [0.15, 0.2) is 35.3 Å². The van der Waals surface area contributed by atoms with E-state index in [1.54, 1.807) is 0 Å². The molecule has 1 aromatic rings. The van der Waals surface area contributed by atoms with Crippen molar-refractivity contribution in [1.82, 2.24) is 0 Å². The van der Waals surface area contributed by atoms with Gasteiger partial charge in [0.25, 0.3) is 0 Å². The second-order valence-electron chi connectivity index (χ2n) is 5.62. The van der Waals surface area contributed by atoms with Gasteiger partial charge in [0.2, 0.25) is 0 Å². The van der Waals surface area contributed by atoms with Crippen molar-refractivity contribution < 1.29 is 13.3 Å². The Morgan fingerprint density at radius 2 is 1.50 bits per heavy atom. The molecule has 136 valence electrons. The highest BCUT2D eigenvalue weighted by Crippen LogP contribution is 2.33. The average molecular weight is 352 g/mol. The van der Waals surface area contributed by atoms with Gasteiger partial charge in [-0.1, -0.05) is 43.7 Å². The topological polar surface area (TPSA) is 40.0 Å². The zero-order valence-corrected chi connectivity index (χ0v) is 16.7. The van der Waals surface area contributed by atoms with Crippen molar-refractivity contribution >= 4 is 15.0 Å². The highest BCUT2D eigenvalue weighted by molar-refractivity contribution is 6.62. The van der Waals surface area contributed by atoms with Crippen LogP contribution in [0.3, 0.4) is 0 Å². The van der Waals surface area contributed by atoms with Gasteiger partial charge in [-0.25, -0.2) is 0 Å². The molecule has 1 unspecified atom stereocenters. The highest BCUT2D eigenvalue weighted by atomic mass is 28.4. The zero-order valence-electron chi connectivity index (χ0n) is 15.7. The largest absolute Gasteiger partial charge is 0.504 e. The first-order valence-electron chi connectivity index (χ1n) is 9.19. The fraction of sp³-hybridized carbons (Fsp3) is 0.632. The van der Waals surface area contributed by atoms with Crippen molar-refractivity contribution in [1.29, 1.82) is 0 Å². The van der Waals surface area contributed by atoms with Crippen LogP contribution < -0.4 is 0 Å². The summed E-state index contributed by atoms with van der Waals surface area (Å²) >= 11 is 0. The Balaban J connectivity index is 2.75. The molecule has 4 nitrogen and oxygen atoms in total. The zero-order chi connectivity index (χ0) is 17.7. The molecule has 24 heavy (non-hydrogen) atoms. The van der Waals surface area contributed by atoms with E-state index in [0.29, 0.717) is 25.4 Å². The molecule has 1 atom stereocenters. The number of rotatable bonds is 13. The van der Waals surface area contributed by atoms with Crippen LogP contribution in [0.1, 0.15) is 52.5 Å². The maximum Gasteiger partial charge on any atom is 0.504 e. The van der Waals surface area contributed by atoms with Crippen LogP contribution in [0.2, 0.25) is 5.54 Å². The first-order valence-corrected chi connectivity index (χ1v) is 11.0. The molecule has 0 spiro atoms. The van der Waals surface area contributed by atoms with Gasteiger partial charge in [0.1, 0.15) is 0 Å². The van der Waals surface area contributed by atoms with Crippen LogP contribution in [-0.2, 0) is 13.3 Å². The van der Waals surface area contributed by atoms with E-state index < -0.39 is 8.80 Å². The Morgan fingerprint density at radius 1 is 0.917 bits per heavy atom. The van der Waals surface area contributed by atoms with Crippen molar-refractivity contribution in [2.75, 3.05) is 26.4 Å². The molecule has 0 aliphatic rings. The summed E-state index contributed by atoms with van der Waals surface area (Å²) in [6.07, 6.45) is 5.01. The smallest absolute Gasteiger partial charge is 0.374 e. The molecular weight excluding hydrogens is 318 g/mol. The van der Waals surface area contributed by atoms with Gasteiger partial charge in [0.05, 0.1) is 0 Å². The van der Waals surface area contributed by atoms with Crippen molar-refractivity contribution in [3.05, 3.63) is 35.9 Å². The third kappa shape index (κ3) is 6.85. The molecular formula is C19H33NO3Si. The lowest BCUT2D eigenvalue weighted by atomic mass is 10.2. The van der Waals surface area contributed by atoms with E-state index in [2.05, 4.69) is 24.0 Å². The summed E-state index contributed by atoms with van der Waals surface area (Å²) in [5.74, 6) is 0. The molecule has 1 aromatic carbocycles. The molecule has 0 radical (unpaired) electrons. The van der Waals surface area contributed by atoms with E-state index in [1.807, 2.05) is 45.2 Å². The molecule has 0 heterocycles. The molecule has 5 heteroatoms. The minimum Gasteiger partial charge on any atom is -0.374 e. The summed E-state index contributed by atoms with van der Waals surface area (Å²) in [5, 5.41) is 0. The van der Waals surface area contributed by atoms with Gasteiger partial charge in [0, 0.05) is 38.1 Å². The van der Waals surface area contributed by atoms with Crippen LogP contribution in [0.25, 0.3) is 0 Å². The quantitative estimate of drug-likeness (QED) is 0.381. The number of aliphatic imine (C=N–C) groups is 1. The van der Waals surface area contributed by atoms with Crippen molar-refractivity contribution in [3.63, 3.8) is 0 Å². The summed E-state index contributed by atoms with van der Waals surface area (Å²) in [5.41, 5.74) is 1.43. The summed E-state index contributed by atoms with van der Waals surface area (Å²) < 4.78 is 18.2. The lowest BCUT2D eigenvalue weighted by molar-refractivity contribution is 0.0588. The molecule has 0 aromatic heterocycles. The summed E-state index contributed by atoms with van der Waals surface area (Å²) in [7, 11) is -2.65. The van der Waals surface area contributed by atoms with Gasteiger partial charge < -0.3 is 13.3 Å². The minimum atomic E-state index is -2.65. The number of hydrogen-bond donors (Lipinski definition) is 0. The van der Waals surface area contributed by atoms with Gasteiger partial charge in [0.15, 0.2) is 0 Å². The Bertz CT molecular complexity index is 436. The summed E-state index contributed by atoms with van der Waals surface area (Å²) in [4.78, 5) is 4.59. The second kappa shape index (κ2) is 12.4. The molecule has 1 rings (SSSR count). The fourth-order valence-corrected chi connectivity index (χ4v) is 6.16. The maximum atomic E-state index is 6.08. The lowest BCUT2D eigenvalue weighted by Crippen LogP contribution is -2.50. The Kier molecular flexibility index (Phi) is 10.8. The van der Waals surface area contributed by atoms with E-state index in [-0.39, 0.29) is 0 Å². The first-order chi connectivity index (χ1) is 11.7. The van der Waals surface area contributed by atoms with Gasteiger partial charge in [-0.2, -0.15) is 0 Å². The Hall–Kier alpha value is -1.01. The standard InChI is InChI=1S/C19H33NO3Si/c1-5-12-19(24(21-6-2,22-7-3)23-8-4)15-16-20-17-18-13-10-9-11-14-18/h9-11,13-14,17,19H,5-8,12,15-16H2,1-4H3. The van der Waals surface area contributed by atoms with Crippen LogP contribution in [-0.4, -0.2) is 41.4 Å². The normalized spacial score (nSPS) is 13.5. The molecule has 0 amide bonds. The van der Waals surface area contributed by atoms with E-state index >= 15 is 0 Å². The molecule has 0 fully saturated rings. The molecule has 0 bridgehead atoms. The SMILES string of the molecule is CCCC(CCN=Cc1ccccc1)[Si](OCC)(OCC)OCC. The van der Waals surface area contributed by atoms with E-state index in [1.165, 1.54) is 0 Å². The van der Waals surface area contributed by atoms with Gasteiger partial charge in [-0.3, -0.25) is 4.99 Å². The third-order valence-corrected chi connectivity index (χ3v) is 7.47. The monoisotopic (exact) mass is 351 g/mol. The second-order valence-corrected chi connectivity index (χ2v) is 8.51. The molecule has 0 saturated heterocycles. The predicted molar refractivity (Wildman–Crippen MR) is 103 cm³/mol. The van der Waals surface area contributed by atoms with Gasteiger partial charge in [-0.15, -0.1) is 0 Å². The fourth-order valence-electron chi connectivity index (χ4n) is 2.87. The van der Waals surface area contributed by atoms with Crippen molar-refractivity contribution in [2.45, 2.75) is 52.5 Å². The Morgan fingerprint density at radius 3 is 2.00 bits per heavy atom. The van der Waals surface area contributed by atoms with Gasteiger partial charge in [-0.05, 0) is 39.2 Å². The lowest BCUT2D eigenvalue weighted by Gasteiger charge is -2.35. The molecule has 0 saturated carbocycles. The van der Waals surface area contributed by atoms with Crippen molar-refractivity contribution in [3.8, 4) is 0 Å². The van der Waals surface area contributed by atoms with Crippen LogP contribution in [0.5, 0.6) is 0 Å². The number of nitrogens with zero attached hydrogens (tertiary/aromatic N) is 1. The van der Waals surface area contributed by atoms with Crippen LogP contribution in [0.4, 0.5) is 0 Å². The average Bonchev–Trinajstić information content (AvgIpc) is 2.59. The van der Waals surface area contributed by atoms with Gasteiger partial charge >= 0.3 is 8.80 Å². The highest BCUT2D eigenvalue weighted by Gasteiger charge is 2.48. The van der Waals surface area contributed by atoms with E-state index in [4.69, 9.17) is 13.3 Å². The van der Waals surface area contributed by atoms with Crippen molar-refractivity contribution in [2.24, 2.45) is 4.99 Å². The number of hydrogen-bond acceptors (Lipinski definition) is 4. The summed E-state index contributed by atoms with van der Waals surface area (Å²) in [6, 6.07) is 10.2. The van der Waals surface area contributed by atoms with Crippen LogP contribution >= 0.6 is 0 Å².